The average molecular weight is 245 g/mol. The highest BCUT2D eigenvalue weighted by Crippen LogP contribution is 2.40. The summed E-state index contributed by atoms with van der Waals surface area (Å²) in [5, 5.41) is 0. The first-order valence-corrected chi connectivity index (χ1v) is 6.28. The molecule has 0 spiro atoms. The van der Waals surface area contributed by atoms with Gasteiger partial charge in [0.15, 0.2) is 5.96 Å². The molecule has 1 aromatic rings. The van der Waals surface area contributed by atoms with E-state index < -0.39 is 0 Å². The molecule has 96 valence electrons. The number of rotatable bonds is 2. The summed E-state index contributed by atoms with van der Waals surface area (Å²) < 4.78 is 0. The third kappa shape index (κ3) is 2.70. The zero-order valence-electron chi connectivity index (χ0n) is 10.6. The largest absolute Gasteiger partial charge is 0.370 e. The van der Waals surface area contributed by atoms with Crippen LogP contribution < -0.4 is 11.5 Å². The number of carbonyl (C=O) groups excluding carboxylic acids is 1. The second-order valence-electron chi connectivity index (χ2n) is 4.93. The van der Waals surface area contributed by atoms with Gasteiger partial charge in [0.2, 0.25) is 0 Å². The lowest BCUT2D eigenvalue weighted by atomic mass is 9.88. The minimum absolute atomic E-state index is 0.0751. The number of aliphatic imine (C=N–C) groups is 1. The highest BCUT2D eigenvalue weighted by molar-refractivity contribution is 5.93. The van der Waals surface area contributed by atoms with E-state index in [1.54, 1.807) is 0 Å². The lowest BCUT2D eigenvalue weighted by Gasteiger charge is -2.17. The summed E-state index contributed by atoms with van der Waals surface area (Å²) in [6.07, 6.45) is 2.95. The van der Waals surface area contributed by atoms with Crippen molar-refractivity contribution in [2.24, 2.45) is 22.4 Å². The van der Waals surface area contributed by atoms with Gasteiger partial charge in [-0.3, -0.25) is 4.79 Å². The van der Waals surface area contributed by atoms with E-state index in [1.807, 2.05) is 6.07 Å². The molecule has 1 saturated carbocycles. The number of nitrogens with zero attached hydrogens (tertiary/aromatic N) is 1. The normalized spacial score (nSPS) is 22.7. The average Bonchev–Trinajstić information content (AvgIpc) is 2.76. The summed E-state index contributed by atoms with van der Waals surface area (Å²) in [7, 11) is 0. The van der Waals surface area contributed by atoms with Crippen molar-refractivity contribution in [3.05, 3.63) is 35.4 Å². The van der Waals surface area contributed by atoms with Crippen LogP contribution >= 0.6 is 0 Å². The number of amides is 1. The van der Waals surface area contributed by atoms with Crippen molar-refractivity contribution in [1.82, 2.24) is 0 Å². The number of hydrogen-bond acceptors (Lipinski definition) is 1. The monoisotopic (exact) mass is 245 g/mol. The van der Waals surface area contributed by atoms with Crippen LogP contribution in [-0.2, 0) is 4.79 Å². The fourth-order valence-electron chi connectivity index (χ4n) is 2.77. The van der Waals surface area contributed by atoms with Crippen LogP contribution in [-0.4, -0.2) is 11.9 Å². The first-order chi connectivity index (χ1) is 8.58. The molecule has 1 aliphatic rings. The van der Waals surface area contributed by atoms with Crippen molar-refractivity contribution in [2.75, 3.05) is 0 Å². The molecule has 1 amide bonds. The fourth-order valence-corrected chi connectivity index (χ4v) is 2.77. The van der Waals surface area contributed by atoms with E-state index >= 15 is 0 Å². The molecule has 4 nitrogen and oxygen atoms in total. The van der Waals surface area contributed by atoms with E-state index in [4.69, 9.17) is 11.5 Å². The molecule has 18 heavy (non-hydrogen) atoms. The van der Waals surface area contributed by atoms with Gasteiger partial charge < -0.3 is 11.5 Å². The smallest absolute Gasteiger partial charge is 0.252 e. The van der Waals surface area contributed by atoms with Gasteiger partial charge in [0.1, 0.15) is 0 Å². The van der Waals surface area contributed by atoms with Gasteiger partial charge in [0.25, 0.3) is 5.91 Å². The number of hydrogen-bond donors (Lipinski definition) is 2. The van der Waals surface area contributed by atoms with E-state index in [9.17, 15) is 4.79 Å². The second-order valence-corrected chi connectivity index (χ2v) is 4.93. The molecule has 1 aliphatic carbocycles. The Morgan fingerprint density at radius 2 is 2.11 bits per heavy atom. The third-order valence-corrected chi connectivity index (χ3v) is 3.54. The predicted octanol–water partition coefficient (Wildman–Crippen LogP) is 1.68. The highest BCUT2D eigenvalue weighted by atomic mass is 16.1. The predicted molar refractivity (Wildman–Crippen MR) is 72.1 cm³/mol. The zero-order valence-corrected chi connectivity index (χ0v) is 10.6. The molecule has 1 aromatic carbocycles. The van der Waals surface area contributed by atoms with E-state index in [0.717, 1.165) is 19.3 Å². The van der Waals surface area contributed by atoms with Gasteiger partial charge in [-0.1, -0.05) is 36.2 Å². The van der Waals surface area contributed by atoms with Gasteiger partial charge in [0, 0.05) is 5.92 Å². The van der Waals surface area contributed by atoms with Crippen LogP contribution in [0.1, 0.15) is 36.3 Å². The Morgan fingerprint density at radius 1 is 1.33 bits per heavy atom. The van der Waals surface area contributed by atoms with Crippen molar-refractivity contribution < 1.29 is 4.79 Å². The summed E-state index contributed by atoms with van der Waals surface area (Å²) in [6.45, 7) is 2.06. The van der Waals surface area contributed by atoms with Crippen LogP contribution in [0.25, 0.3) is 0 Å². The van der Waals surface area contributed by atoms with Crippen molar-refractivity contribution in [3.8, 4) is 0 Å². The number of carbonyl (C=O) groups is 1. The molecule has 0 bridgehead atoms. The Bertz CT molecular complexity index is 478. The zero-order chi connectivity index (χ0) is 13.1. The molecular formula is C14H19N3O. The topological polar surface area (TPSA) is 81.5 Å². The van der Waals surface area contributed by atoms with Gasteiger partial charge in [-0.2, -0.15) is 4.99 Å². The van der Waals surface area contributed by atoms with Gasteiger partial charge >= 0.3 is 0 Å². The summed E-state index contributed by atoms with van der Waals surface area (Å²) in [5.41, 5.74) is 13.0. The molecule has 0 aromatic heterocycles. The summed E-state index contributed by atoms with van der Waals surface area (Å²) in [6, 6.07) is 8.32. The Labute approximate surface area is 107 Å². The van der Waals surface area contributed by atoms with Crippen molar-refractivity contribution >= 4 is 11.9 Å². The molecule has 0 heterocycles. The standard InChI is InChI=1S/C14H19N3O/c1-9-4-2-5-10(8-9)11-6-3-7-12(11)13(18)17-14(15)16/h2,4-5,8,11-12H,3,6-7H2,1H3,(H4,15,16,17,18). The maximum Gasteiger partial charge on any atom is 0.252 e. The van der Waals surface area contributed by atoms with Crippen LogP contribution in [0.15, 0.2) is 29.3 Å². The van der Waals surface area contributed by atoms with Crippen molar-refractivity contribution in [2.45, 2.75) is 32.1 Å². The van der Waals surface area contributed by atoms with E-state index in [-0.39, 0.29) is 23.7 Å². The number of aryl methyl sites for hydroxylation is 1. The first kappa shape index (κ1) is 12.6. The van der Waals surface area contributed by atoms with Gasteiger partial charge in [-0.05, 0) is 31.2 Å². The minimum Gasteiger partial charge on any atom is -0.370 e. The first-order valence-electron chi connectivity index (χ1n) is 6.28. The molecule has 4 heteroatoms. The third-order valence-electron chi connectivity index (χ3n) is 3.54. The molecule has 0 aliphatic heterocycles. The Kier molecular flexibility index (Phi) is 3.65. The van der Waals surface area contributed by atoms with E-state index in [1.165, 1.54) is 11.1 Å². The molecule has 0 saturated heterocycles. The molecular weight excluding hydrogens is 226 g/mol. The Hall–Kier alpha value is -1.84. The molecule has 2 rings (SSSR count). The Morgan fingerprint density at radius 3 is 2.78 bits per heavy atom. The molecule has 2 unspecified atom stereocenters. The SMILES string of the molecule is Cc1cccc(C2CCCC2C(=O)N=C(N)N)c1. The summed E-state index contributed by atoms with van der Waals surface area (Å²) in [5.74, 6) is -0.150. The lowest BCUT2D eigenvalue weighted by molar-refractivity contribution is -0.121. The van der Waals surface area contributed by atoms with Crippen LogP contribution in [0, 0.1) is 12.8 Å². The van der Waals surface area contributed by atoms with Gasteiger partial charge in [-0.25, -0.2) is 0 Å². The molecule has 4 N–H and O–H groups in total. The number of nitrogens with two attached hydrogens (primary N) is 2. The van der Waals surface area contributed by atoms with Crippen LogP contribution in [0.4, 0.5) is 0 Å². The quantitative estimate of drug-likeness (QED) is 0.614. The maximum atomic E-state index is 12.0. The minimum atomic E-state index is -0.181. The fraction of sp³-hybridized carbons (Fsp3) is 0.429. The van der Waals surface area contributed by atoms with Gasteiger partial charge in [-0.15, -0.1) is 0 Å². The Balaban J connectivity index is 2.22. The van der Waals surface area contributed by atoms with Crippen molar-refractivity contribution in [3.63, 3.8) is 0 Å². The van der Waals surface area contributed by atoms with Gasteiger partial charge in [0.05, 0.1) is 0 Å². The van der Waals surface area contributed by atoms with Crippen molar-refractivity contribution in [1.29, 1.82) is 0 Å². The van der Waals surface area contributed by atoms with Crippen LogP contribution in [0.2, 0.25) is 0 Å². The molecule has 1 fully saturated rings. The summed E-state index contributed by atoms with van der Waals surface area (Å²) in [4.78, 5) is 15.7. The van der Waals surface area contributed by atoms with E-state index in [2.05, 4.69) is 30.1 Å². The second kappa shape index (κ2) is 5.21. The number of guanidine groups is 1. The van der Waals surface area contributed by atoms with Crippen LogP contribution in [0.3, 0.4) is 0 Å². The molecule has 0 radical (unpaired) electrons. The number of benzene rings is 1. The van der Waals surface area contributed by atoms with E-state index in [0.29, 0.717) is 0 Å². The summed E-state index contributed by atoms with van der Waals surface area (Å²) >= 11 is 0. The highest BCUT2D eigenvalue weighted by Gasteiger charge is 2.33. The molecule has 2 atom stereocenters. The maximum absolute atomic E-state index is 12.0. The van der Waals surface area contributed by atoms with Crippen LogP contribution in [0.5, 0.6) is 0 Å². The lowest BCUT2D eigenvalue weighted by Crippen LogP contribution is -2.27.